The highest BCUT2D eigenvalue weighted by Crippen LogP contribution is 2.19. The van der Waals surface area contributed by atoms with E-state index in [2.05, 4.69) is 20.1 Å². The zero-order valence-electron chi connectivity index (χ0n) is 16.9. The molecule has 0 saturated carbocycles. The number of aliphatic imine (C=N–C) groups is 1. The molecule has 1 saturated heterocycles. The summed E-state index contributed by atoms with van der Waals surface area (Å²) >= 11 is 0. The molecule has 0 spiro atoms. The minimum atomic E-state index is -0.212. The molecule has 1 aliphatic heterocycles. The number of likely N-dealkylation sites (tertiary alicyclic amines) is 1. The van der Waals surface area contributed by atoms with E-state index in [9.17, 15) is 4.39 Å². The Balaban J connectivity index is 1.86. The minimum absolute atomic E-state index is 0.137. The van der Waals surface area contributed by atoms with Crippen LogP contribution in [-0.2, 0) is 9.47 Å². The van der Waals surface area contributed by atoms with Crippen LogP contribution in [-0.4, -0.2) is 83.5 Å². The molecule has 1 N–H and O–H groups in total. The van der Waals surface area contributed by atoms with Gasteiger partial charge >= 0.3 is 0 Å². The molecule has 0 radical (unpaired) electrons. The Morgan fingerprint density at radius 2 is 2.07 bits per heavy atom. The van der Waals surface area contributed by atoms with Gasteiger partial charge in [0.2, 0.25) is 0 Å². The molecular weight excluding hydrogens is 347 g/mol. The van der Waals surface area contributed by atoms with Crippen LogP contribution in [0.4, 0.5) is 4.39 Å². The van der Waals surface area contributed by atoms with Crippen molar-refractivity contribution < 1.29 is 13.9 Å². The van der Waals surface area contributed by atoms with Gasteiger partial charge in [0.05, 0.1) is 25.9 Å². The maximum atomic E-state index is 13.2. The van der Waals surface area contributed by atoms with Gasteiger partial charge < -0.3 is 24.6 Å². The second-order valence-electron chi connectivity index (χ2n) is 7.13. The first-order valence-corrected chi connectivity index (χ1v) is 9.49. The number of halogens is 1. The summed E-state index contributed by atoms with van der Waals surface area (Å²) in [5.41, 5.74) is 1.08. The minimum Gasteiger partial charge on any atom is -0.382 e. The molecular formula is C20H33FN4O2. The average Bonchev–Trinajstić information content (AvgIpc) is 3.12. The third-order valence-electron chi connectivity index (χ3n) is 4.91. The van der Waals surface area contributed by atoms with Gasteiger partial charge in [-0.2, -0.15) is 0 Å². The van der Waals surface area contributed by atoms with Crippen molar-refractivity contribution in [3.8, 4) is 0 Å². The largest absolute Gasteiger partial charge is 0.382 e. The number of hydrogen-bond donors (Lipinski definition) is 1. The number of ether oxygens (including phenoxy) is 2. The van der Waals surface area contributed by atoms with Crippen molar-refractivity contribution in [2.75, 3.05) is 67.7 Å². The zero-order valence-corrected chi connectivity index (χ0v) is 16.9. The fourth-order valence-electron chi connectivity index (χ4n) is 3.36. The number of nitrogens with one attached hydrogen (secondary N) is 1. The van der Waals surface area contributed by atoms with Gasteiger partial charge in [-0.05, 0) is 38.2 Å². The molecule has 2 atom stereocenters. The van der Waals surface area contributed by atoms with Crippen molar-refractivity contribution in [1.82, 2.24) is 15.1 Å². The SMILES string of the molecule is CN=C(NCC(c1ccc(F)cc1)N(C)C)N1CCC(COCCOC)C1. The first kappa shape index (κ1) is 21.6. The number of guanidine groups is 1. The Hall–Kier alpha value is -1.70. The van der Waals surface area contributed by atoms with Crippen LogP contribution in [0.1, 0.15) is 18.0 Å². The van der Waals surface area contributed by atoms with Crippen LogP contribution in [0, 0.1) is 11.7 Å². The quantitative estimate of drug-likeness (QED) is 0.403. The van der Waals surface area contributed by atoms with Crippen LogP contribution in [0.25, 0.3) is 0 Å². The van der Waals surface area contributed by atoms with Gasteiger partial charge in [-0.1, -0.05) is 12.1 Å². The van der Waals surface area contributed by atoms with Gasteiger partial charge in [0.1, 0.15) is 5.82 Å². The second-order valence-corrected chi connectivity index (χ2v) is 7.13. The Morgan fingerprint density at radius 3 is 2.70 bits per heavy atom. The first-order valence-electron chi connectivity index (χ1n) is 9.49. The number of nitrogens with zero attached hydrogens (tertiary/aromatic N) is 3. The third kappa shape index (κ3) is 6.75. The number of rotatable bonds is 9. The summed E-state index contributed by atoms with van der Waals surface area (Å²) in [6, 6.07) is 6.84. The van der Waals surface area contributed by atoms with Crippen LogP contribution < -0.4 is 5.32 Å². The molecule has 0 amide bonds. The van der Waals surface area contributed by atoms with Gasteiger partial charge in [-0.15, -0.1) is 0 Å². The van der Waals surface area contributed by atoms with Gasteiger partial charge in [0.15, 0.2) is 5.96 Å². The molecule has 2 rings (SSSR count). The van der Waals surface area contributed by atoms with E-state index in [-0.39, 0.29) is 11.9 Å². The first-order chi connectivity index (χ1) is 13.0. The maximum Gasteiger partial charge on any atom is 0.193 e. The van der Waals surface area contributed by atoms with Crippen LogP contribution in [0.15, 0.2) is 29.3 Å². The summed E-state index contributed by atoms with van der Waals surface area (Å²) in [6.45, 7) is 4.65. The molecule has 27 heavy (non-hydrogen) atoms. The molecule has 2 unspecified atom stereocenters. The van der Waals surface area contributed by atoms with E-state index in [4.69, 9.17) is 9.47 Å². The summed E-state index contributed by atoms with van der Waals surface area (Å²) in [5, 5.41) is 3.48. The Kier molecular flexibility index (Phi) is 8.97. The van der Waals surface area contributed by atoms with Crippen molar-refractivity contribution in [3.63, 3.8) is 0 Å². The average molecular weight is 381 g/mol. The van der Waals surface area contributed by atoms with Gasteiger partial charge in [-0.3, -0.25) is 4.99 Å². The van der Waals surface area contributed by atoms with Crippen LogP contribution in [0.5, 0.6) is 0 Å². The molecule has 0 aromatic heterocycles. The Labute approximate surface area is 162 Å². The molecule has 152 valence electrons. The number of methoxy groups -OCH3 is 1. The fraction of sp³-hybridized carbons (Fsp3) is 0.650. The maximum absolute atomic E-state index is 13.2. The summed E-state index contributed by atoms with van der Waals surface area (Å²) in [4.78, 5) is 8.85. The molecule has 1 fully saturated rings. The third-order valence-corrected chi connectivity index (χ3v) is 4.91. The Bertz CT molecular complexity index is 580. The monoisotopic (exact) mass is 380 g/mol. The van der Waals surface area contributed by atoms with Crippen molar-refractivity contribution >= 4 is 5.96 Å². The Morgan fingerprint density at radius 1 is 1.33 bits per heavy atom. The predicted molar refractivity (Wildman–Crippen MR) is 107 cm³/mol. The van der Waals surface area contributed by atoms with E-state index in [1.807, 2.05) is 33.3 Å². The normalized spacial score (nSPS) is 19.0. The van der Waals surface area contributed by atoms with Gasteiger partial charge in [0.25, 0.3) is 0 Å². The number of benzene rings is 1. The molecule has 0 bridgehead atoms. The van der Waals surface area contributed by atoms with E-state index < -0.39 is 0 Å². The van der Waals surface area contributed by atoms with Crippen molar-refractivity contribution in [2.24, 2.45) is 10.9 Å². The van der Waals surface area contributed by atoms with Crippen LogP contribution >= 0.6 is 0 Å². The fourth-order valence-corrected chi connectivity index (χ4v) is 3.36. The van der Waals surface area contributed by atoms with Crippen molar-refractivity contribution in [1.29, 1.82) is 0 Å². The van der Waals surface area contributed by atoms with Crippen LogP contribution in [0.2, 0.25) is 0 Å². The van der Waals surface area contributed by atoms with Gasteiger partial charge in [0, 0.05) is 39.7 Å². The number of hydrogen-bond acceptors (Lipinski definition) is 4. The van der Waals surface area contributed by atoms with E-state index in [0.717, 1.165) is 37.6 Å². The molecule has 1 aromatic rings. The molecule has 1 aliphatic rings. The van der Waals surface area contributed by atoms with E-state index >= 15 is 0 Å². The topological polar surface area (TPSA) is 49.3 Å². The lowest BCUT2D eigenvalue weighted by molar-refractivity contribution is 0.0536. The highest BCUT2D eigenvalue weighted by molar-refractivity contribution is 5.80. The smallest absolute Gasteiger partial charge is 0.193 e. The van der Waals surface area contributed by atoms with Crippen molar-refractivity contribution in [3.05, 3.63) is 35.6 Å². The zero-order chi connectivity index (χ0) is 19.6. The molecule has 0 aliphatic carbocycles. The van der Waals surface area contributed by atoms with Crippen molar-refractivity contribution in [2.45, 2.75) is 12.5 Å². The summed E-state index contributed by atoms with van der Waals surface area (Å²) < 4.78 is 23.9. The highest BCUT2D eigenvalue weighted by Gasteiger charge is 2.25. The summed E-state index contributed by atoms with van der Waals surface area (Å²) in [7, 11) is 7.56. The lowest BCUT2D eigenvalue weighted by Crippen LogP contribution is -2.43. The lowest BCUT2D eigenvalue weighted by Gasteiger charge is -2.28. The van der Waals surface area contributed by atoms with Gasteiger partial charge in [-0.25, -0.2) is 4.39 Å². The highest BCUT2D eigenvalue weighted by atomic mass is 19.1. The molecule has 6 nitrogen and oxygen atoms in total. The molecule has 1 heterocycles. The summed E-state index contributed by atoms with van der Waals surface area (Å²) in [6.07, 6.45) is 1.10. The van der Waals surface area contributed by atoms with E-state index in [1.54, 1.807) is 7.11 Å². The molecule has 7 heteroatoms. The number of likely N-dealkylation sites (N-methyl/N-ethyl adjacent to an activating group) is 1. The standard InChI is InChI=1S/C20H33FN4O2/c1-22-20(25-10-9-16(14-25)15-27-12-11-26-4)23-13-19(24(2)3)17-5-7-18(21)8-6-17/h5-8,16,19H,9-15H2,1-4H3,(H,22,23). The van der Waals surface area contributed by atoms with E-state index in [0.29, 0.717) is 25.7 Å². The second kappa shape index (κ2) is 11.2. The van der Waals surface area contributed by atoms with E-state index in [1.165, 1.54) is 12.1 Å². The lowest BCUT2D eigenvalue weighted by atomic mass is 10.1. The van der Waals surface area contributed by atoms with Crippen LogP contribution in [0.3, 0.4) is 0 Å². The predicted octanol–water partition coefficient (Wildman–Crippen LogP) is 1.99. The summed E-state index contributed by atoms with van der Waals surface area (Å²) in [5.74, 6) is 1.21. The molecule has 1 aromatic carbocycles.